The SMILES string of the molecule is O=C([O-])CNC(O)C(=O)c1ccccc1.[K+]. The van der Waals surface area contributed by atoms with Gasteiger partial charge in [-0.1, -0.05) is 30.3 Å². The van der Waals surface area contributed by atoms with Crippen LogP contribution in [-0.2, 0) is 4.79 Å². The minimum Gasteiger partial charge on any atom is -0.549 e. The molecule has 0 bridgehead atoms. The van der Waals surface area contributed by atoms with E-state index in [0.29, 0.717) is 5.56 Å². The van der Waals surface area contributed by atoms with Gasteiger partial charge in [-0.05, 0) is 0 Å². The molecule has 0 fully saturated rings. The van der Waals surface area contributed by atoms with Crippen LogP contribution in [0.2, 0.25) is 0 Å². The smallest absolute Gasteiger partial charge is 0.549 e. The fourth-order valence-electron chi connectivity index (χ4n) is 1.03. The summed E-state index contributed by atoms with van der Waals surface area (Å²) in [5.41, 5.74) is 0.316. The number of nitrogens with one attached hydrogen (secondary N) is 1. The van der Waals surface area contributed by atoms with Crippen LogP contribution >= 0.6 is 0 Å². The van der Waals surface area contributed by atoms with Crippen molar-refractivity contribution in [1.82, 2.24) is 5.32 Å². The van der Waals surface area contributed by atoms with E-state index >= 15 is 0 Å². The molecule has 0 aliphatic rings. The summed E-state index contributed by atoms with van der Waals surface area (Å²) in [6.45, 7) is -0.570. The van der Waals surface area contributed by atoms with Gasteiger partial charge in [0.1, 0.15) is 0 Å². The molecule has 0 saturated heterocycles. The van der Waals surface area contributed by atoms with E-state index in [1.54, 1.807) is 18.2 Å². The zero-order valence-corrected chi connectivity index (χ0v) is 12.0. The number of carboxylic acids is 1. The van der Waals surface area contributed by atoms with Crippen molar-refractivity contribution >= 4 is 11.8 Å². The monoisotopic (exact) mass is 247 g/mol. The number of carbonyl (C=O) groups is 2. The normalized spacial score (nSPS) is 11.3. The third kappa shape index (κ3) is 5.31. The molecule has 0 spiro atoms. The van der Waals surface area contributed by atoms with Gasteiger partial charge in [0.15, 0.2) is 6.23 Å². The zero-order valence-electron chi connectivity index (χ0n) is 8.84. The Kier molecular flexibility index (Phi) is 8.03. The third-order valence-corrected chi connectivity index (χ3v) is 1.75. The van der Waals surface area contributed by atoms with E-state index in [1.165, 1.54) is 12.1 Å². The number of aliphatic carboxylic acids is 1. The zero-order chi connectivity index (χ0) is 11.3. The molecule has 1 aromatic rings. The van der Waals surface area contributed by atoms with Gasteiger partial charge in [-0.2, -0.15) is 0 Å². The Morgan fingerprint density at radius 2 is 1.88 bits per heavy atom. The van der Waals surface area contributed by atoms with Crippen LogP contribution < -0.4 is 61.8 Å². The minimum absolute atomic E-state index is 0. The number of benzene rings is 1. The van der Waals surface area contributed by atoms with Gasteiger partial charge in [0.2, 0.25) is 5.78 Å². The van der Waals surface area contributed by atoms with Crippen molar-refractivity contribution in [3.63, 3.8) is 0 Å². The van der Waals surface area contributed by atoms with Crippen LogP contribution in [0.4, 0.5) is 0 Å². The molecule has 16 heavy (non-hydrogen) atoms. The predicted octanol–water partition coefficient (Wildman–Crippen LogP) is -4.47. The van der Waals surface area contributed by atoms with Gasteiger partial charge in [0.05, 0.1) is 5.97 Å². The van der Waals surface area contributed by atoms with E-state index < -0.39 is 24.5 Å². The summed E-state index contributed by atoms with van der Waals surface area (Å²) in [7, 11) is 0. The van der Waals surface area contributed by atoms with Gasteiger partial charge in [0, 0.05) is 12.1 Å². The van der Waals surface area contributed by atoms with Gasteiger partial charge in [0.25, 0.3) is 0 Å². The van der Waals surface area contributed by atoms with E-state index in [9.17, 15) is 19.8 Å². The molecule has 1 rings (SSSR count). The van der Waals surface area contributed by atoms with Crippen molar-refractivity contribution < 1.29 is 71.2 Å². The molecule has 2 N–H and O–H groups in total. The molecule has 0 aliphatic heterocycles. The van der Waals surface area contributed by atoms with Crippen molar-refractivity contribution in [3.8, 4) is 0 Å². The molecule has 6 heteroatoms. The number of ketones is 1. The molecule has 0 amide bonds. The predicted molar refractivity (Wildman–Crippen MR) is 49.8 cm³/mol. The molecule has 1 atom stereocenters. The van der Waals surface area contributed by atoms with Crippen LogP contribution in [-0.4, -0.2) is 29.6 Å². The third-order valence-electron chi connectivity index (χ3n) is 1.75. The summed E-state index contributed by atoms with van der Waals surface area (Å²) in [5.74, 6) is -1.95. The molecular formula is C10H10KNO4. The molecule has 80 valence electrons. The van der Waals surface area contributed by atoms with Crippen molar-refractivity contribution in [1.29, 1.82) is 0 Å². The molecule has 0 aromatic heterocycles. The Morgan fingerprint density at radius 3 is 2.38 bits per heavy atom. The van der Waals surface area contributed by atoms with Gasteiger partial charge < -0.3 is 15.0 Å². The summed E-state index contributed by atoms with van der Waals surface area (Å²) in [4.78, 5) is 21.5. The van der Waals surface area contributed by atoms with Crippen LogP contribution in [0.15, 0.2) is 30.3 Å². The van der Waals surface area contributed by atoms with Crippen molar-refractivity contribution in [2.24, 2.45) is 0 Å². The molecular weight excluding hydrogens is 237 g/mol. The maximum absolute atomic E-state index is 11.4. The van der Waals surface area contributed by atoms with E-state index in [1.807, 2.05) is 0 Å². The van der Waals surface area contributed by atoms with Crippen LogP contribution in [0.5, 0.6) is 0 Å². The second-order valence-corrected chi connectivity index (χ2v) is 2.89. The Hall–Kier alpha value is -0.0836. The first kappa shape index (κ1) is 15.9. The number of carbonyl (C=O) groups excluding carboxylic acids is 2. The van der Waals surface area contributed by atoms with E-state index in [-0.39, 0.29) is 51.4 Å². The summed E-state index contributed by atoms with van der Waals surface area (Å²) >= 11 is 0. The maximum atomic E-state index is 11.4. The fourth-order valence-corrected chi connectivity index (χ4v) is 1.03. The maximum Gasteiger partial charge on any atom is 1.00 e. The van der Waals surface area contributed by atoms with Crippen LogP contribution in [0.1, 0.15) is 10.4 Å². The Labute approximate surface area is 135 Å². The standard InChI is InChI=1S/C10H11NO4.K/c12-8(13)6-11-10(15)9(14)7-4-2-1-3-5-7;/h1-5,10-11,15H,6H2,(H,12,13);/q;+1/p-1. The van der Waals surface area contributed by atoms with Crippen LogP contribution in [0.3, 0.4) is 0 Å². The van der Waals surface area contributed by atoms with Crippen LogP contribution in [0, 0.1) is 0 Å². The number of aliphatic hydroxyl groups excluding tert-OH is 1. The summed E-state index contributed by atoms with van der Waals surface area (Å²) in [5, 5.41) is 21.5. The van der Waals surface area contributed by atoms with Crippen molar-refractivity contribution in [3.05, 3.63) is 35.9 Å². The topological polar surface area (TPSA) is 89.5 Å². The molecule has 0 saturated carbocycles. The number of hydrogen-bond acceptors (Lipinski definition) is 5. The molecule has 1 aromatic carbocycles. The first-order valence-corrected chi connectivity index (χ1v) is 4.32. The molecule has 0 aliphatic carbocycles. The van der Waals surface area contributed by atoms with E-state index in [0.717, 1.165) is 0 Å². The second-order valence-electron chi connectivity index (χ2n) is 2.89. The van der Waals surface area contributed by atoms with Crippen molar-refractivity contribution in [2.75, 3.05) is 6.54 Å². The first-order chi connectivity index (χ1) is 7.11. The Bertz CT molecular complexity index is 355. The van der Waals surface area contributed by atoms with Gasteiger partial charge in [-0.3, -0.25) is 10.1 Å². The quantitative estimate of drug-likeness (QED) is 0.311. The molecule has 0 radical (unpaired) electrons. The number of hydrogen-bond donors (Lipinski definition) is 2. The number of rotatable bonds is 5. The summed E-state index contributed by atoms with van der Waals surface area (Å²) in [6, 6.07) is 8.10. The fraction of sp³-hybridized carbons (Fsp3) is 0.200. The first-order valence-electron chi connectivity index (χ1n) is 4.32. The summed E-state index contributed by atoms with van der Waals surface area (Å²) in [6.07, 6.45) is -1.52. The van der Waals surface area contributed by atoms with E-state index in [4.69, 9.17) is 0 Å². The molecule has 0 heterocycles. The average Bonchev–Trinajstić information content (AvgIpc) is 2.26. The molecule has 5 nitrogen and oxygen atoms in total. The number of carboxylic acid groups (broad SMARTS) is 1. The minimum atomic E-state index is -1.52. The van der Waals surface area contributed by atoms with Gasteiger partial charge in [-0.15, -0.1) is 0 Å². The summed E-state index contributed by atoms with van der Waals surface area (Å²) < 4.78 is 0. The largest absolute Gasteiger partial charge is 1.00 e. The Balaban J connectivity index is 0.00000225. The number of aliphatic hydroxyl groups is 1. The number of Topliss-reactive ketones (excluding diaryl/α,β-unsaturated/α-hetero) is 1. The van der Waals surface area contributed by atoms with Crippen molar-refractivity contribution in [2.45, 2.75) is 6.23 Å². The van der Waals surface area contributed by atoms with Gasteiger partial charge in [-0.25, -0.2) is 0 Å². The Morgan fingerprint density at radius 1 is 1.31 bits per heavy atom. The van der Waals surface area contributed by atoms with Gasteiger partial charge >= 0.3 is 51.4 Å². The van der Waals surface area contributed by atoms with Crippen LogP contribution in [0.25, 0.3) is 0 Å². The molecule has 1 unspecified atom stereocenters. The second kappa shape index (κ2) is 8.07. The van der Waals surface area contributed by atoms with E-state index in [2.05, 4.69) is 5.32 Å². The average molecular weight is 247 g/mol.